The minimum atomic E-state index is -0.294. The van der Waals surface area contributed by atoms with E-state index in [0.717, 1.165) is 35.4 Å². The molecule has 12 nitrogen and oxygen atoms in total. The minimum absolute atomic E-state index is 0.0853. The molecule has 3 fully saturated rings. The van der Waals surface area contributed by atoms with Crippen LogP contribution in [0.15, 0.2) is 54.9 Å². The maximum absolute atomic E-state index is 13.1. The number of H-pyrrole nitrogens is 1. The highest BCUT2D eigenvalue weighted by atomic mass is 16.2. The highest BCUT2D eigenvalue weighted by molar-refractivity contribution is 6.06. The van der Waals surface area contributed by atoms with Crippen molar-refractivity contribution in [1.82, 2.24) is 35.3 Å². The van der Waals surface area contributed by atoms with Crippen molar-refractivity contribution in [3.63, 3.8) is 0 Å². The van der Waals surface area contributed by atoms with Crippen LogP contribution in [0.3, 0.4) is 0 Å². The molecule has 4 aromatic rings. The summed E-state index contributed by atoms with van der Waals surface area (Å²) in [6.45, 7) is 5.09. The third-order valence-corrected chi connectivity index (χ3v) is 8.85. The molecule has 7 rings (SSSR count). The fourth-order valence-corrected chi connectivity index (χ4v) is 6.28. The number of amides is 3. The molecule has 5 heterocycles. The summed E-state index contributed by atoms with van der Waals surface area (Å²) >= 11 is 0. The van der Waals surface area contributed by atoms with Gasteiger partial charge in [-0.25, -0.2) is 9.97 Å². The van der Waals surface area contributed by atoms with E-state index in [4.69, 9.17) is 0 Å². The van der Waals surface area contributed by atoms with Gasteiger partial charge in [-0.05, 0) is 67.9 Å². The Balaban J connectivity index is 0.891. The van der Waals surface area contributed by atoms with Crippen LogP contribution in [0, 0.1) is 12.8 Å². The molecule has 3 aliphatic heterocycles. The molecule has 3 amide bonds. The van der Waals surface area contributed by atoms with Crippen LogP contribution in [-0.4, -0.2) is 99.5 Å². The minimum Gasteiger partial charge on any atom is -0.362 e. The number of rotatable bonds is 7. The van der Waals surface area contributed by atoms with Crippen molar-refractivity contribution in [3.8, 4) is 11.4 Å². The second kappa shape index (κ2) is 10.8. The zero-order chi connectivity index (χ0) is 29.7. The number of piperazine rings is 1. The van der Waals surface area contributed by atoms with Crippen LogP contribution in [0.2, 0.25) is 0 Å². The molecule has 3 aliphatic rings. The van der Waals surface area contributed by atoms with E-state index >= 15 is 0 Å². The summed E-state index contributed by atoms with van der Waals surface area (Å²) in [4.78, 5) is 53.5. The summed E-state index contributed by atoms with van der Waals surface area (Å²) in [5.74, 6) is 0.256. The molecular formula is C31H33N9O3. The van der Waals surface area contributed by atoms with Crippen LogP contribution in [0.1, 0.15) is 22.5 Å². The largest absolute Gasteiger partial charge is 0.362 e. The maximum Gasteiger partial charge on any atom is 0.272 e. The first-order valence-electron chi connectivity index (χ1n) is 14.6. The molecule has 43 heavy (non-hydrogen) atoms. The van der Waals surface area contributed by atoms with Gasteiger partial charge in [0.1, 0.15) is 0 Å². The Morgan fingerprint density at radius 2 is 1.79 bits per heavy atom. The molecule has 3 atom stereocenters. The van der Waals surface area contributed by atoms with Crippen molar-refractivity contribution in [2.45, 2.75) is 25.4 Å². The van der Waals surface area contributed by atoms with E-state index in [-0.39, 0.29) is 35.4 Å². The third kappa shape index (κ3) is 4.97. The molecule has 2 aromatic carbocycles. The molecule has 1 unspecified atom stereocenters. The molecule has 12 heteroatoms. The molecular weight excluding hydrogens is 546 g/mol. The van der Waals surface area contributed by atoms with Crippen molar-refractivity contribution in [3.05, 3.63) is 66.1 Å². The van der Waals surface area contributed by atoms with Crippen LogP contribution >= 0.6 is 0 Å². The van der Waals surface area contributed by atoms with Gasteiger partial charge in [0.15, 0.2) is 11.5 Å². The number of benzene rings is 2. The summed E-state index contributed by atoms with van der Waals surface area (Å²) in [5.41, 5.74) is 4.78. The average molecular weight is 580 g/mol. The summed E-state index contributed by atoms with van der Waals surface area (Å²) < 4.78 is 0. The average Bonchev–Trinajstić information content (AvgIpc) is 3.65. The van der Waals surface area contributed by atoms with Crippen molar-refractivity contribution in [2.24, 2.45) is 5.92 Å². The number of likely N-dealkylation sites (tertiary alicyclic amines) is 2. The normalized spacial score (nSPS) is 21.2. The quantitative estimate of drug-likeness (QED) is 0.302. The number of carbonyl (C=O) groups excluding carboxylic acids is 3. The number of hydrogen-bond acceptors (Lipinski definition) is 8. The lowest BCUT2D eigenvalue weighted by Crippen LogP contribution is -2.80. The van der Waals surface area contributed by atoms with E-state index < -0.39 is 0 Å². The highest BCUT2D eigenvalue weighted by Crippen LogP contribution is 2.38. The fraction of sp³-hybridized carbons (Fsp3) is 0.355. The van der Waals surface area contributed by atoms with E-state index in [2.05, 4.69) is 52.7 Å². The predicted octanol–water partition coefficient (Wildman–Crippen LogP) is 2.05. The standard InChI is InChI=1S/C31H33N9O3/c1-18-12-33-29(34-13-18)19-3-6-22(7-4-19)39-15-26-25(39)16-40(26)27(41)17-38-10-9-20(14-38)30(42)35-21-5-8-24-23(11-21)28(37-36-24)31(43)32-2/h3-8,11-13,20,25-26H,9-10,14-17H2,1-2H3,(H,32,43)(H,35,42)(H,36,37)/t20-,25?,26-/m1/s1. The zero-order valence-corrected chi connectivity index (χ0v) is 24.1. The third-order valence-electron chi connectivity index (χ3n) is 8.85. The van der Waals surface area contributed by atoms with Crippen molar-refractivity contribution in [2.75, 3.05) is 50.0 Å². The Labute approximate surface area is 248 Å². The van der Waals surface area contributed by atoms with Gasteiger partial charge in [0.2, 0.25) is 11.8 Å². The van der Waals surface area contributed by atoms with Crippen LogP contribution in [0.25, 0.3) is 22.3 Å². The fourth-order valence-electron chi connectivity index (χ4n) is 6.28. The monoisotopic (exact) mass is 579 g/mol. The Morgan fingerprint density at radius 1 is 1.00 bits per heavy atom. The summed E-state index contributed by atoms with van der Waals surface area (Å²) in [7, 11) is 1.55. The van der Waals surface area contributed by atoms with E-state index in [1.165, 1.54) is 0 Å². The van der Waals surface area contributed by atoms with Crippen LogP contribution in [0.5, 0.6) is 0 Å². The Kier molecular flexibility index (Phi) is 6.77. The van der Waals surface area contributed by atoms with E-state index in [1.807, 2.05) is 36.4 Å². The molecule has 2 aromatic heterocycles. The molecule has 0 bridgehead atoms. The Bertz CT molecular complexity index is 1700. The number of nitrogens with zero attached hydrogens (tertiary/aromatic N) is 6. The van der Waals surface area contributed by atoms with Crippen molar-refractivity contribution in [1.29, 1.82) is 0 Å². The Hall–Kier alpha value is -4.84. The van der Waals surface area contributed by atoms with Gasteiger partial charge in [-0.2, -0.15) is 5.10 Å². The number of nitrogens with one attached hydrogen (secondary N) is 3. The Morgan fingerprint density at radius 3 is 2.51 bits per heavy atom. The van der Waals surface area contributed by atoms with Crippen LogP contribution in [-0.2, 0) is 9.59 Å². The second-order valence-electron chi connectivity index (χ2n) is 11.6. The number of carbonyl (C=O) groups is 3. The number of aromatic amines is 1. The molecule has 0 radical (unpaired) electrons. The van der Waals surface area contributed by atoms with E-state index in [0.29, 0.717) is 49.0 Å². The first-order chi connectivity index (χ1) is 20.9. The molecule has 0 aliphatic carbocycles. The van der Waals surface area contributed by atoms with Crippen molar-refractivity contribution < 1.29 is 14.4 Å². The number of aryl methyl sites for hydroxylation is 1. The number of aromatic nitrogens is 4. The number of fused-ring (bicyclic) bond motifs is 2. The molecule has 220 valence electrons. The van der Waals surface area contributed by atoms with E-state index in [1.54, 1.807) is 25.2 Å². The van der Waals surface area contributed by atoms with Gasteiger partial charge in [0, 0.05) is 61.4 Å². The maximum atomic E-state index is 13.1. The van der Waals surface area contributed by atoms with Gasteiger partial charge in [0.05, 0.1) is 30.1 Å². The highest BCUT2D eigenvalue weighted by Gasteiger charge is 2.53. The van der Waals surface area contributed by atoms with Crippen molar-refractivity contribution >= 4 is 40.0 Å². The lowest BCUT2D eigenvalue weighted by molar-refractivity contribution is -0.144. The zero-order valence-electron chi connectivity index (χ0n) is 24.1. The summed E-state index contributed by atoms with van der Waals surface area (Å²) in [5, 5.41) is 13.1. The topological polar surface area (TPSA) is 139 Å². The number of anilines is 2. The molecule has 0 spiro atoms. The predicted molar refractivity (Wildman–Crippen MR) is 162 cm³/mol. The molecule has 3 N–H and O–H groups in total. The molecule has 3 saturated heterocycles. The summed E-state index contributed by atoms with van der Waals surface area (Å²) in [6, 6.07) is 14.2. The van der Waals surface area contributed by atoms with Gasteiger partial charge in [-0.1, -0.05) is 0 Å². The lowest BCUT2D eigenvalue weighted by atomic mass is 9.84. The van der Waals surface area contributed by atoms with E-state index in [9.17, 15) is 14.4 Å². The van der Waals surface area contributed by atoms with Gasteiger partial charge in [-0.15, -0.1) is 0 Å². The lowest BCUT2D eigenvalue weighted by Gasteiger charge is -2.62. The van der Waals surface area contributed by atoms with Gasteiger partial charge >= 0.3 is 0 Å². The SMILES string of the molecule is CNC(=O)c1n[nH]c2ccc(NC(=O)[C@@H]3CCN(CC(=O)N4CC5[C@H]4CN5c4ccc(-c5ncc(C)cn5)cc4)C3)cc12. The second-order valence-corrected chi connectivity index (χ2v) is 11.6. The van der Waals surface area contributed by atoms with Crippen LogP contribution in [0.4, 0.5) is 11.4 Å². The van der Waals surface area contributed by atoms with Gasteiger partial charge < -0.3 is 20.4 Å². The first kappa shape index (κ1) is 27.0. The smallest absolute Gasteiger partial charge is 0.272 e. The van der Waals surface area contributed by atoms with Gasteiger partial charge in [-0.3, -0.25) is 24.4 Å². The van der Waals surface area contributed by atoms with Crippen LogP contribution < -0.4 is 15.5 Å². The molecule has 0 saturated carbocycles. The first-order valence-corrected chi connectivity index (χ1v) is 14.6. The van der Waals surface area contributed by atoms with Gasteiger partial charge in [0.25, 0.3) is 5.91 Å². The summed E-state index contributed by atoms with van der Waals surface area (Å²) in [6.07, 6.45) is 4.34. The number of hydrogen-bond donors (Lipinski definition) is 3.